The summed E-state index contributed by atoms with van der Waals surface area (Å²) in [5.74, 6) is -0.955. The Morgan fingerprint density at radius 2 is 1.93 bits per heavy atom. The summed E-state index contributed by atoms with van der Waals surface area (Å²) in [6, 6.07) is 15.5. The molecule has 1 aromatic carbocycles. The van der Waals surface area contributed by atoms with Crippen LogP contribution in [0, 0.1) is 0 Å². The van der Waals surface area contributed by atoms with Gasteiger partial charge in [0.2, 0.25) is 0 Å². The molecule has 3 aromatic rings. The van der Waals surface area contributed by atoms with Crippen molar-refractivity contribution in [3.63, 3.8) is 0 Å². The van der Waals surface area contributed by atoms with Gasteiger partial charge in [0.15, 0.2) is 11.8 Å². The van der Waals surface area contributed by atoms with Crippen LogP contribution in [-0.4, -0.2) is 34.4 Å². The molecule has 7 heteroatoms. The van der Waals surface area contributed by atoms with E-state index in [9.17, 15) is 9.59 Å². The third-order valence-corrected chi connectivity index (χ3v) is 4.33. The average molecular weight is 398 g/mol. The van der Waals surface area contributed by atoms with E-state index < -0.39 is 5.97 Å². The average Bonchev–Trinajstić information content (AvgIpc) is 3.04. The SMILES string of the molecule is O=C(COC(=O)/C=C/c1c(Cl)nc2ccccn12)NCCCc1ccccc1. The number of rotatable bonds is 8. The second kappa shape index (κ2) is 9.71. The molecule has 0 bridgehead atoms. The molecule has 0 aliphatic heterocycles. The number of ether oxygens (including phenoxy) is 1. The number of fused-ring (bicyclic) bond motifs is 1. The Morgan fingerprint density at radius 1 is 1.14 bits per heavy atom. The third-order valence-electron chi connectivity index (χ3n) is 4.05. The van der Waals surface area contributed by atoms with E-state index in [2.05, 4.69) is 10.3 Å². The van der Waals surface area contributed by atoms with Gasteiger partial charge in [-0.25, -0.2) is 9.78 Å². The van der Waals surface area contributed by atoms with Crippen molar-refractivity contribution in [1.29, 1.82) is 0 Å². The van der Waals surface area contributed by atoms with E-state index in [-0.39, 0.29) is 17.7 Å². The van der Waals surface area contributed by atoms with E-state index in [1.807, 2.05) is 48.5 Å². The lowest BCUT2D eigenvalue weighted by atomic mass is 10.1. The van der Waals surface area contributed by atoms with Crippen molar-refractivity contribution < 1.29 is 14.3 Å². The molecule has 3 rings (SSSR count). The maximum Gasteiger partial charge on any atom is 0.331 e. The number of benzene rings is 1. The van der Waals surface area contributed by atoms with Crippen LogP contribution in [0.15, 0.2) is 60.8 Å². The predicted octanol–water partition coefficient (Wildman–Crippen LogP) is 3.29. The molecule has 2 heterocycles. The van der Waals surface area contributed by atoms with Gasteiger partial charge in [0, 0.05) is 18.8 Å². The number of carbonyl (C=O) groups is 2. The molecule has 0 spiro atoms. The lowest BCUT2D eigenvalue weighted by Crippen LogP contribution is -2.29. The first-order valence-corrected chi connectivity index (χ1v) is 9.29. The fraction of sp³-hybridized carbons (Fsp3) is 0.190. The molecule has 0 atom stereocenters. The van der Waals surface area contributed by atoms with Crippen LogP contribution in [0.2, 0.25) is 5.15 Å². The molecule has 144 valence electrons. The summed E-state index contributed by atoms with van der Waals surface area (Å²) in [6.45, 7) is 0.202. The Balaban J connectivity index is 1.40. The Kier molecular flexibility index (Phi) is 6.81. The summed E-state index contributed by atoms with van der Waals surface area (Å²) in [5, 5.41) is 3.02. The fourth-order valence-electron chi connectivity index (χ4n) is 2.68. The summed E-state index contributed by atoms with van der Waals surface area (Å²) in [4.78, 5) is 27.8. The molecule has 0 unspecified atom stereocenters. The summed E-state index contributed by atoms with van der Waals surface area (Å²) in [7, 11) is 0. The van der Waals surface area contributed by atoms with Crippen molar-refractivity contribution in [1.82, 2.24) is 14.7 Å². The van der Waals surface area contributed by atoms with Gasteiger partial charge in [0.05, 0.1) is 5.69 Å². The zero-order chi connectivity index (χ0) is 19.8. The number of amides is 1. The van der Waals surface area contributed by atoms with E-state index in [0.29, 0.717) is 17.9 Å². The number of hydrogen-bond donors (Lipinski definition) is 1. The molecule has 6 nitrogen and oxygen atoms in total. The van der Waals surface area contributed by atoms with Crippen molar-refractivity contribution in [2.75, 3.05) is 13.2 Å². The van der Waals surface area contributed by atoms with Crippen LogP contribution in [0.25, 0.3) is 11.7 Å². The van der Waals surface area contributed by atoms with Gasteiger partial charge in [0.1, 0.15) is 5.65 Å². The van der Waals surface area contributed by atoms with Gasteiger partial charge in [-0.2, -0.15) is 0 Å². The highest BCUT2D eigenvalue weighted by atomic mass is 35.5. The van der Waals surface area contributed by atoms with Crippen LogP contribution >= 0.6 is 11.6 Å². The lowest BCUT2D eigenvalue weighted by molar-refractivity contribution is -0.143. The maximum atomic E-state index is 11.8. The summed E-state index contributed by atoms with van der Waals surface area (Å²) >= 11 is 6.09. The van der Waals surface area contributed by atoms with E-state index in [0.717, 1.165) is 12.8 Å². The van der Waals surface area contributed by atoms with Crippen molar-refractivity contribution in [2.45, 2.75) is 12.8 Å². The van der Waals surface area contributed by atoms with Gasteiger partial charge in [-0.05, 0) is 36.6 Å². The molecule has 0 saturated heterocycles. The molecule has 0 fully saturated rings. The molecular formula is C21H20ClN3O3. The van der Waals surface area contributed by atoms with Crippen molar-refractivity contribution in [3.05, 3.63) is 77.2 Å². The number of esters is 1. The Morgan fingerprint density at radius 3 is 2.75 bits per heavy atom. The first kappa shape index (κ1) is 19.6. The summed E-state index contributed by atoms with van der Waals surface area (Å²) < 4.78 is 6.71. The highest BCUT2D eigenvalue weighted by Gasteiger charge is 2.08. The smallest absolute Gasteiger partial charge is 0.331 e. The zero-order valence-corrected chi connectivity index (χ0v) is 15.9. The van der Waals surface area contributed by atoms with Gasteiger partial charge < -0.3 is 10.1 Å². The molecular weight excluding hydrogens is 378 g/mol. The fourth-order valence-corrected chi connectivity index (χ4v) is 2.92. The van der Waals surface area contributed by atoms with Crippen LogP contribution in [-0.2, 0) is 20.7 Å². The van der Waals surface area contributed by atoms with E-state index in [1.165, 1.54) is 17.7 Å². The van der Waals surface area contributed by atoms with Crippen LogP contribution in [0.5, 0.6) is 0 Å². The minimum Gasteiger partial charge on any atom is -0.452 e. The molecule has 28 heavy (non-hydrogen) atoms. The molecule has 0 aliphatic carbocycles. The molecule has 0 radical (unpaired) electrons. The topological polar surface area (TPSA) is 72.7 Å². The van der Waals surface area contributed by atoms with Gasteiger partial charge in [-0.3, -0.25) is 9.20 Å². The maximum absolute atomic E-state index is 11.8. The van der Waals surface area contributed by atoms with Crippen LogP contribution in [0.3, 0.4) is 0 Å². The first-order valence-electron chi connectivity index (χ1n) is 8.91. The molecule has 2 aromatic heterocycles. The van der Waals surface area contributed by atoms with E-state index >= 15 is 0 Å². The summed E-state index contributed by atoms with van der Waals surface area (Å²) in [6.07, 6.45) is 6.23. The number of aryl methyl sites for hydroxylation is 1. The minimum absolute atomic E-state index is 0.284. The Hall–Kier alpha value is -3.12. The second-order valence-electron chi connectivity index (χ2n) is 6.10. The van der Waals surface area contributed by atoms with Gasteiger partial charge >= 0.3 is 5.97 Å². The number of aromatic nitrogens is 2. The number of nitrogens with one attached hydrogen (secondary N) is 1. The van der Waals surface area contributed by atoms with Crippen LogP contribution < -0.4 is 5.32 Å². The monoisotopic (exact) mass is 397 g/mol. The normalized spacial score (nSPS) is 11.0. The molecule has 1 amide bonds. The largest absolute Gasteiger partial charge is 0.452 e. The predicted molar refractivity (Wildman–Crippen MR) is 108 cm³/mol. The number of hydrogen-bond acceptors (Lipinski definition) is 4. The van der Waals surface area contributed by atoms with Gasteiger partial charge in [-0.15, -0.1) is 0 Å². The number of carbonyl (C=O) groups excluding carboxylic acids is 2. The van der Waals surface area contributed by atoms with Crippen molar-refractivity contribution in [2.24, 2.45) is 0 Å². The number of pyridine rings is 1. The summed E-state index contributed by atoms with van der Waals surface area (Å²) in [5.41, 5.74) is 2.47. The Bertz CT molecular complexity index is 983. The van der Waals surface area contributed by atoms with E-state index in [1.54, 1.807) is 10.6 Å². The van der Waals surface area contributed by atoms with E-state index in [4.69, 9.17) is 16.3 Å². The second-order valence-corrected chi connectivity index (χ2v) is 6.45. The minimum atomic E-state index is -0.624. The van der Waals surface area contributed by atoms with Crippen LogP contribution in [0.4, 0.5) is 0 Å². The van der Waals surface area contributed by atoms with Gasteiger partial charge in [0.25, 0.3) is 5.91 Å². The van der Waals surface area contributed by atoms with Crippen molar-refractivity contribution >= 4 is 35.2 Å². The highest BCUT2D eigenvalue weighted by Crippen LogP contribution is 2.18. The lowest BCUT2D eigenvalue weighted by Gasteiger charge is -2.05. The number of imidazole rings is 1. The highest BCUT2D eigenvalue weighted by molar-refractivity contribution is 6.31. The first-order chi connectivity index (χ1) is 13.6. The molecule has 1 N–H and O–H groups in total. The Labute approximate surface area is 167 Å². The number of halogens is 1. The van der Waals surface area contributed by atoms with Crippen LogP contribution in [0.1, 0.15) is 17.7 Å². The van der Waals surface area contributed by atoms with Gasteiger partial charge in [-0.1, -0.05) is 48.0 Å². The van der Waals surface area contributed by atoms with Crippen molar-refractivity contribution in [3.8, 4) is 0 Å². The number of nitrogens with zero attached hydrogens (tertiary/aromatic N) is 2. The standard InChI is InChI=1S/C21H20ClN3O3/c22-21-17(25-14-5-4-10-18(25)24-21)11-12-20(27)28-15-19(26)23-13-6-9-16-7-2-1-3-8-16/h1-5,7-8,10-12,14H,6,9,13,15H2,(H,23,26)/b12-11+. The quantitative estimate of drug-likeness (QED) is 0.359. The zero-order valence-electron chi connectivity index (χ0n) is 15.2. The molecule has 0 aliphatic rings. The third kappa shape index (κ3) is 5.44. The molecule has 0 saturated carbocycles.